The first kappa shape index (κ1) is 8.89. The van der Waals surface area contributed by atoms with Gasteiger partial charge in [0.15, 0.2) is 0 Å². The number of aryl methyl sites for hydroxylation is 1. The Morgan fingerprint density at radius 2 is 2.29 bits per heavy atom. The molecule has 0 atom stereocenters. The summed E-state index contributed by atoms with van der Waals surface area (Å²) in [6.07, 6.45) is 5.43. The molecule has 74 valence electrons. The minimum Gasteiger partial charge on any atom is -0.329 e. The monoisotopic (exact) mass is 192 g/mol. The molecule has 0 aromatic carbocycles. The van der Waals surface area contributed by atoms with Crippen molar-refractivity contribution in [3.05, 3.63) is 18.6 Å². The number of nitrogens with two attached hydrogens (primary N) is 1. The Kier molecular flexibility index (Phi) is 2.28. The third-order valence-corrected chi connectivity index (χ3v) is 2.00. The van der Waals surface area contributed by atoms with Crippen LogP contribution in [0, 0.1) is 0 Å². The van der Waals surface area contributed by atoms with Crippen molar-refractivity contribution in [1.29, 1.82) is 0 Å². The van der Waals surface area contributed by atoms with Crippen LogP contribution in [0.1, 0.15) is 0 Å². The molecule has 0 saturated heterocycles. The molecule has 0 saturated carbocycles. The van der Waals surface area contributed by atoms with E-state index >= 15 is 0 Å². The van der Waals surface area contributed by atoms with Gasteiger partial charge in [-0.15, -0.1) is 5.10 Å². The predicted molar refractivity (Wildman–Crippen MR) is 51.3 cm³/mol. The molecule has 6 heteroatoms. The van der Waals surface area contributed by atoms with Crippen LogP contribution in [-0.4, -0.2) is 31.3 Å². The second-order valence-corrected chi connectivity index (χ2v) is 3.02. The maximum Gasteiger partial charge on any atom is 0.0913 e. The van der Waals surface area contributed by atoms with Crippen molar-refractivity contribution < 1.29 is 0 Å². The maximum absolute atomic E-state index is 5.43. The summed E-state index contributed by atoms with van der Waals surface area (Å²) in [4.78, 5) is 0. The molecule has 2 heterocycles. The third kappa shape index (κ3) is 1.51. The summed E-state index contributed by atoms with van der Waals surface area (Å²) >= 11 is 0. The van der Waals surface area contributed by atoms with Crippen LogP contribution in [0.4, 0.5) is 0 Å². The average Bonchev–Trinajstić information content (AvgIpc) is 2.74. The van der Waals surface area contributed by atoms with Crippen LogP contribution >= 0.6 is 0 Å². The molecule has 6 nitrogen and oxygen atoms in total. The number of rotatable bonds is 3. The molecule has 0 aliphatic rings. The standard InChI is InChI=1S/C8H12N6/c1-13-8(5-10-12-13)7-4-11-14(6-7)3-2-9/h4-6H,2-3,9H2,1H3. The molecule has 0 aliphatic heterocycles. The van der Waals surface area contributed by atoms with E-state index in [1.165, 1.54) is 0 Å². The minimum absolute atomic E-state index is 0.588. The molecule has 0 spiro atoms. The Morgan fingerprint density at radius 1 is 1.43 bits per heavy atom. The Morgan fingerprint density at radius 3 is 2.93 bits per heavy atom. The first-order valence-electron chi connectivity index (χ1n) is 4.39. The molecule has 0 aliphatic carbocycles. The van der Waals surface area contributed by atoms with Crippen molar-refractivity contribution >= 4 is 0 Å². The van der Waals surface area contributed by atoms with Crippen molar-refractivity contribution in [3.8, 4) is 11.3 Å². The van der Waals surface area contributed by atoms with Crippen molar-refractivity contribution in [1.82, 2.24) is 24.8 Å². The lowest BCUT2D eigenvalue weighted by atomic mass is 10.3. The molecule has 14 heavy (non-hydrogen) atoms. The van der Waals surface area contributed by atoms with Crippen LogP contribution in [-0.2, 0) is 13.6 Å². The zero-order valence-corrected chi connectivity index (χ0v) is 7.96. The van der Waals surface area contributed by atoms with E-state index in [0.29, 0.717) is 6.54 Å². The Labute approximate surface area is 81.3 Å². The van der Waals surface area contributed by atoms with E-state index in [-0.39, 0.29) is 0 Å². The summed E-state index contributed by atoms with van der Waals surface area (Å²) in [6, 6.07) is 0. The Balaban J connectivity index is 2.29. The largest absolute Gasteiger partial charge is 0.329 e. The van der Waals surface area contributed by atoms with Gasteiger partial charge in [-0.25, -0.2) is 4.68 Å². The zero-order chi connectivity index (χ0) is 9.97. The quantitative estimate of drug-likeness (QED) is 0.720. The smallest absolute Gasteiger partial charge is 0.0913 e. The van der Waals surface area contributed by atoms with Gasteiger partial charge in [0.2, 0.25) is 0 Å². The van der Waals surface area contributed by atoms with E-state index < -0.39 is 0 Å². The highest BCUT2D eigenvalue weighted by atomic mass is 15.4. The number of hydrogen-bond acceptors (Lipinski definition) is 4. The molecule has 0 bridgehead atoms. The summed E-state index contributed by atoms with van der Waals surface area (Å²) in [5, 5.41) is 11.8. The molecular formula is C8H12N6. The van der Waals surface area contributed by atoms with Gasteiger partial charge in [-0.3, -0.25) is 4.68 Å². The van der Waals surface area contributed by atoms with Gasteiger partial charge < -0.3 is 5.73 Å². The molecule has 2 aromatic heterocycles. The summed E-state index contributed by atoms with van der Waals surface area (Å²) in [6.45, 7) is 1.32. The zero-order valence-electron chi connectivity index (χ0n) is 7.96. The second-order valence-electron chi connectivity index (χ2n) is 3.02. The van der Waals surface area contributed by atoms with Gasteiger partial charge >= 0.3 is 0 Å². The van der Waals surface area contributed by atoms with Gasteiger partial charge in [-0.05, 0) is 0 Å². The Bertz CT molecular complexity index is 415. The van der Waals surface area contributed by atoms with Gasteiger partial charge in [0.1, 0.15) is 0 Å². The fraction of sp³-hybridized carbons (Fsp3) is 0.375. The lowest BCUT2D eigenvalue weighted by molar-refractivity contribution is 0.625. The molecule has 0 unspecified atom stereocenters. The van der Waals surface area contributed by atoms with Crippen molar-refractivity contribution in [2.24, 2.45) is 12.8 Å². The van der Waals surface area contributed by atoms with Crippen LogP contribution in [0.5, 0.6) is 0 Å². The van der Waals surface area contributed by atoms with Crippen LogP contribution in [0.3, 0.4) is 0 Å². The summed E-state index contributed by atoms with van der Waals surface area (Å²) in [5.41, 5.74) is 7.39. The van der Waals surface area contributed by atoms with E-state index in [9.17, 15) is 0 Å². The maximum atomic E-state index is 5.43. The highest BCUT2D eigenvalue weighted by Crippen LogP contribution is 2.15. The second kappa shape index (κ2) is 3.59. The van der Waals surface area contributed by atoms with E-state index in [2.05, 4.69) is 15.4 Å². The lowest BCUT2D eigenvalue weighted by Gasteiger charge is -1.96. The van der Waals surface area contributed by atoms with E-state index in [4.69, 9.17) is 5.73 Å². The highest BCUT2D eigenvalue weighted by molar-refractivity contribution is 5.55. The molecule has 0 amide bonds. The predicted octanol–water partition coefficient (Wildman–Crippen LogP) is -0.363. The third-order valence-electron chi connectivity index (χ3n) is 2.00. The van der Waals surface area contributed by atoms with Crippen LogP contribution in [0.15, 0.2) is 18.6 Å². The molecule has 2 aromatic rings. The summed E-state index contributed by atoms with van der Waals surface area (Å²) in [7, 11) is 1.85. The van der Waals surface area contributed by atoms with Crippen LogP contribution in [0.25, 0.3) is 11.3 Å². The number of hydrogen-bond donors (Lipinski definition) is 1. The molecule has 2 rings (SSSR count). The van der Waals surface area contributed by atoms with Crippen molar-refractivity contribution in [3.63, 3.8) is 0 Å². The average molecular weight is 192 g/mol. The Hall–Kier alpha value is -1.69. The summed E-state index contributed by atoms with van der Waals surface area (Å²) in [5.74, 6) is 0. The lowest BCUT2D eigenvalue weighted by Crippen LogP contribution is -2.09. The first-order valence-corrected chi connectivity index (χ1v) is 4.39. The summed E-state index contributed by atoms with van der Waals surface area (Å²) < 4.78 is 3.52. The SMILES string of the molecule is Cn1nncc1-c1cnn(CCN)c1. The molecule has 0 radical (unpaired) electrons. The fourth-order valence-corrected chi connectivity index (χ4v) is 1.30. The van der Waals surface area contributed by atoms with E-state index in [1.807, 2.05) is 17.9 Å². The topological polar surface area (TPSA) is 74.5 Å². The van der Waals surface area contributed by atoms with E-state index in [1.54, 1.807) is 17.1 Å². The van der Waals surface area contributed by atoms with Crippen molar-refractivity contribution in [2.45, 2.75) is 6.54 Å². The fourth-order valence-electron chi connectivity index (χ4n) is 1.30. The molecule has 0 fully saturated rings. The van der Waals surface area contributed by atoms with Gasteiger partial charge in [-0.2, -0.15) is 5.10 Å². The van der Waals surface area contributed by atoms with Crippen LogP contribution in [0.2, 0.25) is 0 Å². The van der Waals surface area contributed by atoms with E-state index in [0.717, 1.165) is 17.8 Å². The first-order chi connectivity index (χ1) is 6.81. The minimum atomic E-state index is 0.588. The van der Waals surface area contributed by atoms with Gasteiger partial charge in [0.25, 0.3) is 0 Å². The number of nitrogens with zero attached hydrogens (tertiary/aromatic N) is 5. The number of aromatic nitrogens is 5. The van der Waals surface area contributed by atoms with Gasteiger partial charge in [-0.1, -0.05) is 5.21 Å². The normalized spacial score (nSPS) is 10.7. The van der Waals surface area contributed by atoms with Crippen molar-refractivity contribution in [2.75, 3.05) is 6.54 Å². The van der Waals surface area contributed by atoms with Gasteiger partial charge in [0.05, 0.1) is 24.6 Å². The highest BCUT2D eigenvalue weighted by Gasteiger charge is 2.05. The molecular weight excluding hydrogens is 180 g/mol. The molecule has 2 N–H and O–H groups in total. The van der Waals surface area contributed by atoms with Crippen LogP contribution < -0.4 is 5.73 Å². The van der Waals surface area contributed by atoms with Gasteiger partial charge in [0, 0.05) is 25.4 Å².